The molecule has 3 rings (SSSR count). The second-order valence-electron chi connectivity index (χ2n) is 5.32. The van der Waals surface area contributed by atoms with Crippen LogP contribution in [0, 0.1) is 5.92 Å². The van der Waals surface area contributed by atoms with E-state index >= 15 is 0 Å². The highest BCUT2D eigenvalue weighted by Crippen LogP contribution is 2.22. The lowest BCUT2D eigenvalue weighted by Crippen LogP contribution is -2.39. The Kier molecular flexibility index (Phi) is 3.36. The number of amides is 1. The smallest absolute Gasteiger partial charge is 0.223 e. The second kappa shape index (κ2) is 5.15. The minimum atomic E-state index is 0.254. The fraction of sp³-hybridized carbons (Fsp3) is 0.643. The van der Waals surface area contributed by atoms with Crippen LogP contribution in [-0.2, 0) is 24.3 Å². The van der Waals surface area contributed by atoms with E-state index in [0.29, 0.717) is 18.9 Å². The highest BCUT2D eigenvalue weighted by atomic mass is 16.2. The summed E-state index contributed by atoms with van der Waals surface area (Å²) in [6, 6.07) is 0. The van der Waals surface area contributed by atoms with E-state index in [-0.39, 0.29) is 5.91 Å². The SMILES string of the molecule is CCc1nnc2n1CCN(C(=O)CC1C=CCC1)C2. The Morgan fingerprint density at radius 2 is 2.32 bits per heavy atom. The van der Waals surface area contributed by atoms with Crippen LogP contribution in [0.5, 0.6) is 0 Å². The maximum atomic E-state index is 12.3. The Morgan fingerprint density at radius 3 is 3.05 bits per heavy atom. The molecule has 0 radical (unpaired) electrons. The van der Waals surface area contributed by atoms with Crippen molar-refractivity contribution in [3.05, 3.63) is 23.8 Å². The highest BCUT2D eigenvalue weighted by Gasteiger charge is 2.25. The van der Waals surface area contributed by atoms with Gasteiger partial charge in [-0.3, -0.25) is 4.79 Å². The van der Waals surface area contributed by atoms with Crippen molar-refractivity contribution >= 4 is 5.91 Å². The molecule has 5 nitrogen and oxygen atoms in total. The summed E-state index contributed by atoms with van der Waals surface area (Å²) in [5.41, 5.74) is 0. The molecule has 0 saturated carbocycles. The molecular weight excluding hydrogens is 240 g/mol. The molecule has 0 spiro atoms. The Labute approximate surface area is 113 Å². The Bertz CT molecular complexity index is 506. The zero-order valence-electron chi connectivity index (χ0n) is 11.4. The van der Waals surface area contributed by atoms with E-state index in [1.165, 1.54) is 0 Å². The maximum Gasteiger partial charge on any atom is 0.223 e. The molecule has 0 fully saturated rings. The second-order valence-corrected chi connectivity index (χ2v) is 5.32. The molecule has 1 aromatic heterocycles. The monoisotopic (exact) mass is 260 g/mol. The molecule has 5 heteroatoms. The average Bonchev–Trinajstić information content (AvgIpc) is 3.06. The van der Waals surface area contributed by atoms with Gasteiger partial charge in [-0.1, -0.05) is 19.1 Å². The summed E-state index contributed by atoms with van der Waals surface area (Å²) < 4.78 is 2.15. The van der Waals surface area contributed by atoms with Gasteiger partial charge in [-0.15, -0.1) is 10.2 Å². The number of allylic oxidation sites excluding steroid dienone is 2. The molecule has 1 unspecified atom stereocenters. The lowest BCUT2D eigenvalue weighted by molar-refractivity contribution is -0.133. The van der Waals surface area contributed by atoms with Gasteiger partial charge in [0, 0.05) is 25.9 Å². The van der Waals surface area contributed by atoms with Crippen molar-refractivity contribution in [1.29, 1.82) is 0 Å². The van der Waals surface area contributed by atoms with Gasteiger partial charge < -0.3 is 9.47 Å². The van der Waals surface area contributed by atoms with Crippen molar-refractivity contribution in [1.82, 2.24) is 19.7 Å². The first-order chi connectivity index (χ1) is 9.28. The number of aryl methyl sites for hydroxylation is 1. The lowest BCUT2D eigenvalue weighted by Gasteiger charge is -2.28. The molecule has 1 amide bonds. The lowest BCUT2D eigenvalue weighted by atomic mass is 10.0. The van der Waals surface area contributed by atoms with Gasteiger partial charge in [-0.2, -0.15) is 0 Å². The molecule has 102 valence electrons. The van der Waals surface area contributed by atoms with Gasteiger partial charge in [0.15, 0.2) is 5.82 Å². The Balaban J connectivity index is 1.64. The zero-order valence-corrected chi connectivity index (χ0v) is 11.4. The number of rotatable bonds is 3. The number of carbonyl (C=O) groups is 1. The standard InChI is InChI=1S/C14H20N4O/c1-2-12-15-16-13-10-17(7-8-18(12)13)14(19)9-11-5-3-4-6-11/h3,5,11H,2,4,6-10H2,1H3. The molecule has 0 bridgehead atoms. The van der Waals surface area contributed by atoms with Crippen LogP contribution in [0.1, 0.15) is 37.8 Å². The van der Waals surface area contributed by atoms with Gasteiger partial charge in [-0.25, -0.2) is 0 Å². The Hall–Kier alpha value is -1.65. The van der Waals surface area contributed by atoms with Crippen LogP contribution < -0.4 is 0 Å². The fourth-order valence-corrected chi connectivity index (χ4v) is 2.91. The molecule has 1 atom stereocenters. The Morgan fingerprint density at radius 1 is 1.42 bits per heavy atom. The van der Waals surface area contributed by atoms with Crippen molar-refractivity contribution in [2.45, 2.75) is 45.7 Å². The summed E-state index contributed by atoms with van der Waals surface area (Å²) in [7, 11) is 0. The summed E-state index contributed by atoms with van der Waals surface area (Å²) in [4.78, 5) is 14.2. The summed E-state index contributed by atoms with van der Waals surface area (Å²) in [5, 5.41) is 8.37. The predicted octanol–water partition coefficient (Wildman–Crippen LogP) is 1.54. The first-order valence-electron chi connectivity index (χ1n) is 7.13. The molecule has 1 aromatic rings. The quantitative estimate of drug-likeness (QED) is 0.775. The molecule has 0 aromatic carbocycles. The number of hydrogen-bond acceptors (Lipinski definition) is 3. The molecule has 2 aliphatic rings. The van der Waals surface area contributed by atoms with Crippen LogP contribution in [-0.4, -0.2) is 32.1 Å². The number of carbonyl (C=O) groups excluding carboxylic acids is 1. The summed E-state index contributed by atoms with van der Waals surface area (Å²) >= 11 is 0. The number of nitrogens with zero attached hydrogens (tertiary/aromatic N) is 4. The van der Waals surface area contributed by atoms with Crippen LogP contribution in [0.4, 0.5) is 0 Å². The van der Waals surface area contributed by atoms with Crippen LogP contribution in [0.2, 0.25) is 0 Å². The van der Waals surface area contributed by atoms with Crippen LogP contribution in [0.25, 0.3) is 0 Å². The molecule has 1 aliphatic carbocycles. The zero-order chi connectivity index (χ0) is 13.2. The molecule has 0 N–H and O–H groups in total. The average molecular weight is 260 g/mol. The van der Waals surface area contributed by atoms with E-state index in [1.807, 2.05) is 4.90 Å². The van der Waals surface area contributed by atoms with E-state index in [2.05, 4.69) is 33.8 Å². The number of hydrogen-bond donors (Lipinski definition) is 0. The van der Waals surface area contributed by atoms with Gasteiger partial charge in [0.1, 0.15) is 5.82 Å². The minimum Gasteiger partial charge on any atom is -0.333 e. The van der Waals surface area contributed by atoms with Gasteiger partial charge in [0.05, 0.1) is 6.54 Å². The van der Waals surface area contributed by atoms with Crippen LogP contribution >= 0.6 is 0 Å². The fourth-order valence-electron chi connectivity index (χ4n) is 2.91. The van der Waals surface area contributed by atoms with E-state index in [1.54, 1.807) is 0 Å². The van der Waals surface area contributed by atoms with Crippen LogP contribution in [0.3, 0.4) is 0 Å². The topological polar surface area (TPSA) is 51.0 Å². The van der Waals surface area contributed by atoms with E-state index in [4.69, 9.17) is 0 Å². The highest BCUT2D eigenvalue weighted by molar-refractivity contribution is 5.76. The van der Waals surface area contributed by atoms with E-state index in [9.17, 15) is 4.79 Å². The third-order valence-electron chi connectivity index (χ3n) is 4.05. The molecule has 2 heterocycles. The van der Waals surface area contributed by atoms with E-state index in [0.717, 1.165) is 44.0 Å². The first-order valence-corrected chi connectivity index (χ1v) is 7.13. The van der Waals surface area contributed by atoms with Crippen molar-refractivity contribution in [3.8, 4) is 0 Å². The van der Waals surface area contributed by atoms with Crippen molar-refractivity contribution in [2.75, 3.05) is 6.54 Å². The van der Waals surface area contributed by atoms with Crippen molar-refractivity contribution in [2.24, 2.45) is 5.92 Å². The summed E-state index contributed by atoms with van der Waals surface area (Å²) in [6.45, 7) is 4.31. The van der Waals surface area contributed by atoms with Gasteiger partial charge in [0.2, 0.25) is 5.91 Å². The summed E-state index contributed by atoms with van der Waals surface area (Å²) in [6.07, 6.45) is 8.14. The van der Waals surface area contributed by atoms with Crippen LogP contribution in [0.15, 0.2) is 12.2 Å². The van der Waals surface area contributed by atoms with Gasteiger partial charge in [0.25, 0.3) is 0 Å². The normalized spacial score (nSPS) is 21.7. The van der Waals surface area contributed by atoms with Gasteiger partial charge >= 0.3 is 0 Å². The largest absolute Gasteiger partial charge is 0.333 e. The van der Waals surface area contributed by atoms with Gasteiger partial charge in [-0.05, 0) is 18.8 Å². The maximum absolute atomic E-state index is 12.3. The molecule has 1 aliphatic heterocycles. The van der Waals surface area contributed by atoms with E-state index < -0.39 is 0 Å². The number of fused-ring (bicyclic) bond motifs is 1. The molecule has 0 saturated heterocycles. The number of aromatic nitrogens is 3. The van der Waals surface area contributed by atoms with Crippen molar-refractivity contribution < 1.29 is 4.79 Å². The summed E-state index contributed by atoms with van der Waals surface area (Å²) in [5.74, 6) is 2.65. The van der Waals surface area contributed by atoms with Crippen molar-refractivity contribution in [3.63, 3.8) is 0 Å². The first kappa shape index (κ1) is 12.4. The predicted molar refractivity (Wildman–Crippen MR) is 71.3 cm³/mol. The third-order valence-corrected chi connectivity index (χ3v) is 4.05. The third kappa shape index (κ3) is 2.41. The minimum absolute atomic E-state index is 0.254. The molecule has 19 heavy (non-hydrogen) atoms. The molecular formula is C14H20N4O.